The number of aryl methyl sites for hydroxylation is 1. The summed E-state index contributed by atoms with van der Waals surface area (Å²) in [6.45, 7) is 10.5. The fourth-order valence-corrected chi connectivity index (χ4v) is 6.53. The highest BCUT2D eigenvalue weighted by Crippen LogP contribution is 2.46. The van der Waals surface area contributed by atoms with Gasteiger partial charge in [-0.1, -0.05) is 48.6 Å². The maximum atomic E-state index is 11.6. The zero-order chi connectivity index (χ0) is 14.8. The van der Waals surface area contributed by atoms with Crippen LogP contribution in [-0.4, -0.2) is 24.3 Å². The van der Waals surface area contributed by atoms with Gasteiger partial charge in [0.05, 0.1) is 0 Å². The van der Waals surface area contributed by atoms with Crippen LogP contribution in [0.2, 0.25) is 0 Å². The monoisotopic (exact) mass is 302 g/mol. The highest BCUT2D eigenvalue weighted by Gasteiger charge is 2.26. The van der Waals surface area contributed by atoms with E-state index < -0.39 is 18.0 Å². The lowest BCUT2D eigenvalue weighted by molar-refractivity contribution is 0.484. The molecule has 0 radical (unpaired) electrons. The maximum absolute atomic E-state index is 11.6. The number of hydrogen-bond donors (Lipinski definition) is 1. The van der Waals surface area contributed by atoms with Gasteiger partial charge >= 0.3 is 0 Å². The number of benzene rings is 1. The number of hydrogen-bond acceptors (Lipinski definition) is 2. The summed E-state index contributed by atoms with van der Waals surface area (Å²) in [7, 11) is -4.77. The Labute approximate surface area is 117 Å². The first kappa shape index (κ1) is 16.6. The first-order valence-corrected chi connectivity index (χ1v) is 9.49. The molecule has 0 saturated heterocycles. The van der Waals surface area contributed by atoms with E-state index >= 15 is 0 Å². The minimum Gasteiger partial charge on any atom is -0.282 e. The molecule has 0 spiro atoms. The smallest absolute Gasteiger partial charge is 0.282 e. The SMILES string of the molecule is CCc1ccc(S(=O)(=O)O)c(P(C(C)C)C(C)C)c1. The van der Waals surface area contributed by atoms with Gasteiger partial charge in [-0.15, -0.1) is 0 Å². The third kappa shape index (κ3) is 4.01. The Hall–Kier alpha value is -0.440. The van der Waals surface area contributed by atoms with E-state index in [2.05, 4.69) is 27.7 Å². The molecule has 0 unspecified atom stereocenters. The molecule has 1 aromatic rings. The lowest BCUT2D eigenvalue weighted by Gasteiger charge is -2.28. The molecule has 0 aliphatic carbocycles. The highest BCUT2D eigenvalue weighted by atomic mass is 32.2. The molecule has 0 heterocycles. The zero-order valence-corrected chi connectivity index (χ0v) is 13.9. The first-order valence-electron chi connectivity index (χ1n) is 6.57. The third-order valence-electron chi connectivity index (χ3n) is 3.10. The molecule has 0 amide bonds. The van der Waals surface area contributed by atoms with E-state index in [0.29, 0.717) is 11.3 Å². The van der Waals surface area contributed by atoms with Gasteiger partial charge in [-0.3, -0.25) is 4.55 Å². The second-order valence-electron chi connectivity index (χ2n) is 5.23. The van der Waals surface area contributed by atoms with E-state index in [0.717, 1.165) is 17.3 Å². The van der Waals surface area contributed by atoms with Crippen LogP contribution in [0, 0.1) is 0 Å². The molecule has 0 saturated carbocycles. The normalized spacial score (nSPS) is 12.7. The van der Waals surface area contributed by atoms with Gasteiger partial charge in [-0.05, 0) is 40.7 Å². The molecule has 0 aromatic heterocycles. The second-order valence-corrected chi connectivity index (χ2v) is 9.98. The van der Waals surface area contributed by atoms with Gasteiger partial charge in [0.2, 0.25) is 0 Å². The number of rotatable bonds is 5. The summed E-state index contributed by atoms with van der Waals surface area (Å²) in [5.41, 5.74) is 1.86. The lowest BCUT2D eigenvalue weighted by atomic mass is 10.2. The molecule has 0 fully saturated rings. The molecule has 108 valence electrons. The predicted octanol–water partition coefficient (Wildman–Crippen LogP) is 3.42. The van der Waals surface area contributed by atoms with Gasteiger partial charge in [-0.2, -0.15) is 8.42 Å². The third-order valence-corrected chi connectivity index (χ3v) is 7.32. The average molecular weight is 302 g/mol. The Morgan fingerprint density at radius 1 is 1.16 bits per heavy atom. The van der Waals surface area contributed by atoms with Crippen molar-refractivity contribution in [2.45, 2.75) is 57.3 Å². The molecule has 1 aromatic carbocycles. The minimum absolute atomic E-state index is 0.0817. The Morgan fingerprint density at radius 3 is 2.05 bits per heavy atom. The molecular formula is C14H23O3PS. The van der Waals surface area contributed by atoms with Gasteiger partial charge < -0.3 is 0 Å². The van der Waals surface area contributed by atoms with Crippen LogP contribution in [0.1, 0.15) is 40.2 Å². The van der Waals surface area contributed by atoms with Crippen LogP contribution in [0.25, 0.3) is 0 Å². The van der Waals surface area contributed by atoms with Gasteiger partial charge in [0.25, 0.3) is 10.1 Å². The van der Waals surface area contributed by atoms with Crippen molar-refractivity contribution in [3.05, 3.63) is 23.8 Å². The molecule has 1 N–H and O–H groups in total. The summed E-state index contributed by atoms with van der Waals surface area (Å²) >= 11 is 0. The summed E-state index contributed by atoms with van der Waals surface area (Å²) in [6, 6.07) is 5.28. The summed E-state index contributed by atoms with van der Waals surface area (Å²) in [5, 5.41) is 0.807. The van der Waals surface area contributed by atoms with Gasteiger partial charge in [0.1, 0.15) is 4.90 Å². The molecule has 0 bridgehead atoms. The van der Waals surface area contributed by atoms with Crippen molar-refractivity contribution >= 4 is 23.3 Å². The Morgan fingerprint density at radius 2 is 1.68 bits per heavy atom. The molecular weight excluding hydrogens is 279 g/mol. The van der Waals surface area contributed by atoms with Crippen molar-refractivity contribution in [2.75, 3.05) is 0 Å². The van der Waals surface area contributed by atoms with Crippen LogP contribution in [0.3, 0.4) is 0 Å². The van der Waals surface area contributed by atoms with Crippen molar-refractivity contribution in [3.8, 4) is 0 Å². The van der Waals surface area contributed by atoms with E-state index in [1.165, 1.54) is 0 Å². The summed E-state index contributed by atoms with van der Waals surface area (Å²) in [5.74, 6) is 0. The zero-order valence-electron chi connectivity index (χ0n) is 12.2. The van der Waals surface area contributed by atoms with Gasteiger partial charge in [0, 0.05) is 0 Å². The lowest BCUT2D eigenvalue weighted by Crippen LogP contribution is -2.21. The van der Waals surface area contributed by atoms with Crippen LogP contribution in [0.15, 0.2) is 23.1 Å². The standard InChI is InChI=1S/C14H23O3PS/c1-6-12-7-8-14(19(15,16)17)13(9-12)18(10(2)3)11(4)5/h7-11H,6H2,1-5H3,(H,15,16,17). The van der Waals surface area contributed by atoms with Crippen LogP contribution in [-0.2, 0) is 16.5 Å². The fraction of sp³-hybridized carbons (Fsp3) is 0.571. The van der Waals surface area contributed by atoms with Crippen LogP contribution >= 0.6 is 7.92 Å². The molecule has 0 aliphatic heterocycles. The van der Waals surface area contributed by atoms with E-state index in [1.807, 2.05) is 13.0 Å². The molecule has 19 heavy (non-hydrogen) atoms. The molecule has 0 aliphatic rings. The van der Waals surface area contributed by atoms with Crippen LogP contribution in [0.5, 0.6) is 0 Å². The van der Waals surface area contributed by atoms with Crippen molar-refractivity contribution in [1.82, 2.24) is 0 Å². The van der Waals surface area contributed by atoms with E-state index in [1.54, 1.807) is 12.1 Å². The van der Waals surface area contributed by atoms with E-state index in [9.17, 15) is 13.0 Å². The van der Waals surface area contributed by atoms with Crippen molar-refractivity contribution in [1.29, 1.82) is 0 Å². The summed E-state index contributed by atoms with van der Waals surface area (Å²) in [6.07, 6.45) is 0.859. The van der Waals surface area contributed by atoms with Crippen molar-refractivity contribution < 1.29 is 13.0 Å². The van der Waals surface area contributed by atoms with E-state index in [-0.39, 0.29) is 4.90 Å². The van der Waals surface area contributed by atoms with Crippen LogP contribution < -0.4 is 5.30 Å². The largest absolute Gasteiger partial charge is 0.295 e. The molecule has 3 nitrogen and oxygen atoms in total. The van der Waals surface area contributed by atoms with E-state index in [4.69, 9.17) is 0 Å². The maximum Gasteiger partial charge on any atom is 0.295 e. The predicted molar refractivity (Wildman–Crippen MR) is 82.5 cm³/mol. The summed E-state index contributed by atoms with van der Waals surface area (Å²) in [4.78, 5) is 0.0817. The van der Waals surface area contributed by atoms with Crippen molar-refractivity contribution in [2.24, 2.45) is 0 Å². The summed E-state index contributed by atoms with van der Waals surface area (Å²) < 4.78 is 32.6. The second kappa shape index (κ2) is 6.34. The molecule has 5 heteroatoms. The van der Waals surface area contributed by atoms with Gasteiger partial charge in [-0.25, -0.2) is 0 Å². The Bertz CT molecular complexity index is 528. The molecule has 0 atom stereocenters. The first-order chi connectivity index (χ1) is 8.68. The van der Waals surface area contributed by atoms with Crippen molar-refractivity contribution in [3.63, 3.8) is 0 Å². The quantitative estimate of drug-likeness (QED) is 0.670. The Balaban J connectivity index is 3.52. The average Bonchev–Trinajstić information content (AvgIpc) is 2.26. The Kier molecular flexibility index (Phi) is 5.54. The van der Waals surface area contributed by atoms with Crippen LogP contribution in [0.4, 0.5) is 0 Å². The van der Waals surface area contributed by atoms with Gasteiger partial charge in [0.15, 0.2) is 0 Å². The molecule has 1 rings (SSSR count). The topological polar surface area (TPSA) is 54.4 Å². The minimum atomic E-state index is -4.15. The fourth-order valence-electron chi connectivity index (χ4n) is 2.36. The highest BCUT2D eigenvalue weighted by molar-refractivity contribution is 7.86.